The molecule has 1 saturated heterocycles. The van der Waals surface area contributed by atoms with Gasteiger partial charge in [-0.25, -0.2) is 9.78 Å². The van der Waals surface area contributed by atoms with E-state index in [0.29, 0.717) is 25.7 Å². The van der Waals surface area contributed by atoms with Gasteiger partial charge < -0.3 is 23.4 Å². The fraction of sp³-hybridized carbons (Fsp3) is 0.360. The molecule has 1 aliphatic rings. The molecule has 2 aromatic carbocycles. The third kappa shape index (κ3) is 5.00. The summed E-state index contributed by atoms with van der Waals surface area (Å²) in [7, 11) is 1.32. The van der Waals surface area contributed by atoms with Gasteiger partial charge in [-0.15, -0.1) is 0 Å². The molecule has 1 aliphatic heterocycles. The van der Waals surface area contributed by atoms with E-state index >= 15 is 0 Å². The average Bonchev–Trinajstić information content (AvgIpc) is 3.20. The number of hydrogen-bond donors (Lipinski definition) is 0. The normalized spacial score (nSPS) is 20.7. The van der Waals surface area contributed by atoms with Crippen molar-refractivity contribution in [1.82, 2.24) is 4.98 Å². The van der Waals surface area contributed by atoms with Gasteiger partial charge in [-0.3, -0.25) is 0 Å². The predicted octanol–water partition coefficient (Wildman–Crippen LogP) is 4.32. The van der Waals surface area contributed by atoms with E-state index in [0.717, 1.165) is 34.8 Å². The summed E-state index contributed by atoms with van der Waals surface area (Å²) in [6, 6.07) is 17.7. The van der Waals surface area contributed by atoms with Gasteiger partial charge in [-0.05, 0) is 43.2 Å². The first-order valence-electron chi connectivity index (χ1n) is 10.6. The van der Waals surface area contributed by atoms with Crippen molar-refractivity contribution in [2.24, 2.45) is 5.92 Å². The van der Waals surface area contributed by atoms with Gasteiger partial charge in [0.05, 0.1) is 20.3 Å². The number of oxazole rings is 1. The number of aromatic nitrogens is 1. The molecule has 0 spiro atoms. The minimum Gasteiger partial charge on any atom is -0.487 e. The molecule has 0 unspecified atom stereocenters. The maximum absolute atomic E-state index is 11.8. The minimum absolute atomic E-state index is 0.161. The first kappa shape index (κ1) is 22.0. The number of nitrogens with zero attached hydrogens (tertiary/aromatic N) is 1. The summed E-state index contributed by atoms with van der Waals surface area (Å²) in [5.74, 6) is 0.424. The van der Waals surface area contributed by atoms with E-state index in [9.17, 15) is 4.79 Å². The van der Waals surface area contributed by atoms with Gasteiger partial charge in [0.2, 0.25) is 5.89 Å². The van der Waals surface area contributed by atoms with Gasteiger partial charge in [0.15, 0.2) is 0 Å². The molecule has 0 N–H and O–H groups in total. The average molecular weight is 437 g/mol. The van der Waals surface area contributed by atoms with Crippen LogP contribution in [0.3, 0.4) is 0 Å². The molecular weight excluding hydrogens is 410 g/mol. The summed E-state index contributed by atoms with van der Waals surface area (Å²) in [5.41, 5.74) is 2.85. The number of benzene rings is 2. The highest BCUT2D eigenvalue weighted by Gasteiger charge is 2.41. The molecule has 32 heavy (non-hydrogen) atoms. The zero-order chi connectivity index (χ0) is 22.6. The Kier molecular flexibility index (Phi) is 6.58. The molecule has 0 atom stereocenters. The minimum atomic E-state index is -1.32. The molecule has 1 aromatic heterocycles. The van der Waals surface area contributed by atoms with Crippen molar-refractivity contribution in [3.63, 3.8) is 0 Å². The van der Waals surface area contributed by atoms with Gasteiger partial charge in [-0.2, -0.15) is 0 Å². The van der Waals surface area contributed by atoms with Crippen LogP contribution in [0.15, 0.2) is 59.0 Å². The van der Waals surface area contributed by atoms with Crippen LogP contribution in [0.5, 0.6) is 5.75 Å². The van der Waals surface area contributed by atoms with Gasteiger partial charge in [0.1, 0.15) is 23.8 Å². The maximum Gasteiger partial charge on any atom is 0.366 e. The summed E-state index contributed by atoms with van der Waals surface area (Å²) in [6.07, 6.45) is 0.778. The molecule has 2 heterocycles. The summed E-state index contributed by atoms with van der Waals surface area (Å²) in [5, 5.41) is 0. The van der Waals surface area contributed by atoms with Crippen molar-refractivity contribution in [2.45, 2.75) is 32.7 Å². The fourth-order valence-electron chi connectivity index (χ4n) is 3.54. The topological polar surface area (TPSA) is 80.0 Å². The van der Waals surface area contributed by atoms with Crippen molar-refractivity contribution in [3.05, 3.63) is 71.6 Å². The zero-order valence-electron chi connectivity index (χ0n) is 18.5. The second-order valence-corrected chi connectivity index (χ2v) is 7.95. The van der Waals surface area contributed by atoms with Crippen molar-refractivity contribution in [2.75, 3.05) is 20.3 Å². The third-order valence-electron chi connectivity index (χ3n) is 5.48. The summed E-state index contributed by atoms with van der Waals surface area (Å²) in [4.78, 5) is 16.3. The molecule has 0 amide bonds. The number of rotatable bonds is 7. The van der Waals surface area contributed by atoms with E-state index in [4.69, 9.17) is 23.4 Å². The maximum atomic E-state index is 11.8. The van der Waals surface area contributed by atoms with Crippen LogP contribution in [-0.4, -0.2) is 37.1 Å². The lowest BCUT2D eigenvalue weighted by atomic mass is 9.99. The molecular formula is C25H27NO6. The second kappa shape index (κ2) is 9.54. The molecule has 168 valence electrons. The van der Waals surface area contributed by atoms with E-state index in [2.05, 4.69) is 4.98 Å². The summed E-state index contributed by atoms with van der Waals surface area (Å²) in [6.45, 7) is 4.66. The smallest absolute Gasteiger partial charge is 0.366 e. The number of carbonyl (C=O) groups is 1. The number of methoxy groups -OCH3 is 1. The highest BCUT2D eigenvalue weighted by atomic mass is 16.7. The SMILES string of the molecule is COC(=O)C1(C)OCC(Cc2ccc(OCc3nc(-c4ccccc4)oc3C)cc2)CO1. The number of hydrogen-bond acceptors (Lipinski definition) is 7. The van der Waals surface area contributed by atoms with Gasteiger partial charge in [0, 0.05) is 18.4 Å². The summed E-state index contributed by atoms with van der Waals surface area (Å²) >= 11 is 0. The highest BCUT2D eigenvalue weighted by Crippen LogP contribution is 2.26. The lowest BCUT2D eigenvalue weighted by Gasteiger charge is -2.35. The zero-order valence-corrected chi connectivity index (χ0v) is 18.5. The molecule has 0 radical (unpaired) electrons. The van der Waals surface area contributed by atoms with Crippen molar-refractivity contribution < 1.29 is 28.2 Å². The van der Waals surface area contributed by atoms with Crippen LogP contribution >= 0.6 is 0 Å². The Balaban J connectivity index is 1.30. The molecule has 0 bridgehead atoms. The Bertz CT molecular complexity index is 1040. The van der Waals surface area contributed by atoms with Crippen LogP contribution in [0.4, 0.5) is 0 Å². The van der Waals surface area contributed by atoms with E-state index in [1.54, 1.807) is 6.92 Å². The quantitative estimate of drug-likeness (QED) is 0.509. The Hall–Kier alpha value is -3.16. The molecule has 3 aromatic rings. The first-order valence-corrected chi connectivity index (χ1v) is 10.6. The Labute approximate surface area is 187 Å². The Morgan fingerprint density at radius 1 is 1.09 bits per heavy atom. The second-order valence-electron chi connectivity index (χ2n) is 7.95. The van der Waals surface area contributed by atoms with Gasteiger partial charge >= 0.3 is 5.97 Å². The number of aryl methyl sites for hydroxylation is 1. The first-order chi connectivity index (χ1) is 15.5. The Morgan fingerprint density at radius 2 is 1.78 bits per heavy atom. The third-order valence-corrected chi connectivity index (χ3v) is 5.48. The van der Waals surface area contributed by atoms with Crippen LogP contribution in [0.1, 0.15) is 23.9 Å². The molecule has 7 nitrogen and oxygen atoms in total. The largest absolute Gasteiger partial charge is 0.487 e. The molecule has 0 saturated carbocycles. The van der Waals surface area contributed by atoms with E-state index < -0.39 is 11.8 Å². The highest BCUT2D eigenvalue weighted by molar-refractivity contribution is 5.77. The monoisotopic (exact) mass is 437 g/mol. The van der Waals surface area contributed by atoms with Crippen LogP contribution in [0.25, 0.3) is 11.5 Å². The molecule has 1 fully saturated rings. The Morgan fingerprint density at radius 3 is 2.44 bits per heavy atom. The van der Waals surface area contributed by atoms with Crippen LogP contribution in [0.2, 0.25) is 0 Å². The van der Waals surface area contributed by atoms with E-state index in [1.807, 2.05) is 61.5 Å². The van der Waals surface area contributed by atoms with Crippen LogP contribution in [0, 0.1) is 12.8 Å². The van der Waals surface area contributed by atoms with Crippen molar-refractivity contribution in [3.8, 4) is 17.2 Å². The van der Waals surface area contributed by atoms with Crippen molar-refractivity contribution >= 4 is 5.97 Å². The number of ether oxygens (including phenoxy) is 4. The number of carbonyl (C=O) groups excluding carboxylic acids is 1. The van der Waals surface area contributed by atoms with E-state index in [1.165, 1.54) is 7.11 Å². The van der Waals surface area contributed by atoms with E-state index in [-0.39, 0.29) is 5.92 Å². The molecule has 7 heteroatoms. The molecule has 0 aliphatic carbocycles. The number of esters is 1. The van der Waals surface area contributed by atoms with Crippen LogP contribution < -0.4 is 4.74 Å². The van der Waals surface area contributed by atoms with Gasteiger partial charge in [-0.1, -0.05) is 30.3 Å². The van der Waals surface area contributed by atoms with Crippen LogP contribution in [-0.2, 0) is 32.0 Å². The lowest BCUT2D eigenvalue weighted by molar-refractivity contribution is -0.272. The summed E-state index contributed by atoms with van der Waals surface area (Å²) < 4.78 is 27.7. The van der Waals surface area contributed by atoms with Crippen molar-refractivity contribution in [1.29, 1.82) is 0 Å². The lowest BCUT2D eigenvalue weighted by Crippen LogP contribution is -2.48. The fourth-order valence-corrected chi connectivity index (χ4v) is 3.54. The van der Waals surface area contributed by atoms with Gasteiger partial charge in [0.25, 0.3) is 5.79 Å². The molecule has 4 rings (SSSR count). The predicted molar refractivity (Wildman–Crippen MR) is 117 cm³/mol. The standard InChI is InChI=1S/C25H27NO6/c1-17-22(26-23(32-17)20-7-5-4-6-8-20)16-29-21-11-9-18(10-12-21)13-19-14-30-25(2,31-15-19)24(27)28-3/h4-12,19H,13-16H2,1-3H3.